The summed E-state index contributed by atoms with van der Waals surface area (Å²) in [4.78, 5) is 24.0. The van der Waals surface area contributed by atoms with Crippen molar-refractivity contribution in [3.8, 4) is 5.75 Å². The number of phenolic OH excluding ortho intramolecular Hbond substituents is 1. The number of halogens is 1. The summed E-state index contributed by atoms with van der Waals surface area (Å²) in [6.45, 7) is 3.32. The summed E-state index contributed by atoms with van der Waals surface area (Å²) in [7, 11) is 0. The maximum Gasteiger partial charge on any atom is 0.275 e. The number of nitrogens with one attached hydrogen (secondary N) is 2. The van der Waals surface area contributed by atoms with Crippen molar-refractivity contribution in [2.24, 2.45) is 5.10 Å². The maximum atomic E-state index is 12.0. The first-order valence-electron chi connectivity index (χ1n) is 7.54. The van der Waals surface area contributed by atoms with Crippen molar-refractivity contribution < 1.29 is 14.7 Å². The van der Waals surface area contributed by atoms with Crippen LogP contribution in [-0.4, -0.2) is 22.6 Å². The minimum Gasteiger partial charge on any atom is -0.507 e. The second kappa shape index (κ2) is 8.30. The Hall–Kier alpha value is -2.86. The molecule has 0 bridgehead atoms. The molecule has 0 saturated heterocycles. The molecule has 2 amide bonds. The molecule has 0 aliphatic rings. The maximum absolute atomic E-state index is 12.0. The molecule has 0 fully saturated rings. The lowest BCUT2D eigenvalue weighted by Gasteiger charge is -2.07. The first-order valence-corrected chi connectivity index (χ1v) is 7.92. The van der Waals surface area contributed by atoms with Gasteiger partial charge in [-0.05, 0) is 49.7 Å². The van der Waals surface area contributed by atoms with E-state index in [0.29, 0.717) is 22.0 Å². The van der Waals surface area contributed by atoms with Crippen molar-refractivity contribution in [3.63, 3.8) is 0 Å². The zero-order chi connectivity index (χ0) is 18.4. The van der Waals surface area contributed by atoms with Crippen LogP contribution in [0.2, 0.25) is 5.02 Å². The minimum absolute atomic E-state index is 0.0166. The van der Waals surface area contributed by atoms with Gasteiger partial charge in [0.15, 0.2) is 0 Å². The van der Waals surface area contributed by atoms with Crippen molar-refractivity contribution in [3.05, 3.63) is 58.6 Å². The topological polar surface area (TPSA) is 90.8 Å². The Morgan fingerprint density at radius 2 is 1.84 bits per heavy atom. The van der Waals surface area contributed by atoms with Crippen LogP contribution in [0.5, 0.6) is 5.75 Å². The molecule has 0 aliphatic carbocycles. The van der Waals surface area contributed by atoms with Crippen LogP contribution in [0, 0.1) is 6.92 Å². The predicted molar refractivity (Wildman–Crippen MR) is 98.1 cm³/mol. The van der Waals surface area contributed by atoms with E-state index >= 15 is 0 Å². The van der Waals surface area contributed by atoms with E-state index in [1.165, 1.54) is 6.07 Å². The third-order valence-corrected chi connectivity index (χ3v) is 3.63. The Balaban J connectivity index is 1.92. The number of aromatic hydroxyl groups is 1. The van der Waals surface area contributed by atoms with E-state index in [1.54, 1.807) is 50.2 Å². The van der Waals surface area contributed by atoms with Gasteiger partial charge in [-0.2, -0.15) is 5.10 Å². The van der Waals surface area contributed by atoms with E-state index in [0.717, 1.165) is 0 Å². The standard InChI is InChI=1S/C18H18ClN3O3/c1-11-4-3-5-15(17(11)24)18(25)22-21-12(2)10-16(23)20-14-8-6-13(19)7-9-14/h3-9,24H,10H2,1-2H3,(H,20,23)(H,22,25)/b21-12+. The van der Waals surface area contributed by atoms with Gasteiger partial charge in [-0.1, -0.05) is 23.7 Å². The average Bonchev–Trinajstić information content (AvgIpc) is 2.57. The third kappa shape index (κ3) is 5.32. The smallest absolute Gasteiger partial charge is 0.275 e. The summed E-state index contributed by atoms with van der Waals surface area (Å²) < 4.78 is 0. The highest BCUT2D eigenvalue weighted by molar-refractivity contribution is 6.30. The summed E-state index contributed by atoms with van der Waals surface area (Å²) >= 11 is 5.78. The van der Waals surface area contributed by atoms with Crippen LogP contribution in [-0.2, 0) is 4.79 Å². The number of aryl methyl sites for hydroxylation is 1. The summed E-state index contributed by atoms with van der Waals surface area (Å²) in [5, 5.41) is 17.1. The number of hydrogen-bond donors (Lipinski definition) is 3. The highest BCUT2D eigenvalue weighted by Gasteiger charge is 2.12. The van der Waals surface area contributed by atoms with Gasteiger partial charge in [-0.3, -0.25) is 9.59 Å². The summed E-state index contributed by atoms with van der Waals surface area (Å²) in [5.74, 6) is -0.900. The first-order chi connectivity index (χ1) is 11.9. The second-order valence-electron chi connectivity index (χ2n) is 5.49. The molecule has 0 aliphatic heterocycles. The van der Waals surface area contributed by atoms with E-state index in [1.807, 2.05) is 0 Å². The number of nitrogens with zero attached hydrogens (tertiary/aromatic N) is 1. The van der Waals surface area contributed by atoms with E-state index in [4.69, 9.17) is 11.6 Å². The molecule has 0 radical (unpaired) electrons. The van der Waals surface area contributed by atoms with Gasteiger partial charge >= 0.3 is 0 Å². The molecule has 2 aromatic carbocycles. The fourth-order valence-electron chi connectivity index (χ4n) is 2.06. The van der Waals surface area contributed by atoms with Gasteiger partial charge in [0.25, 0.3) is 5.91 Å². The molecule has 2 aromatic rings. The lowest BCUT2D eigenvalue weighted by Crippen LogP contribution is -2.21. The highest BCUT2D eigenvalue weighted by Crippen LogP contribution is 2.21. The number of hydrazone groups is 1. The lowest BCUT2D eigenvalue weighted by atomic mass is 10.1. The molecule has 3 N–H and O–H groups in total. The number of rotatable bonds is 5. The Bertz CT molecular complexity index is 817. The zero-order valence-electron chi connectivity index (χ0n) is 13.8. The van der Waals surface area contributed by atoms with E-state index < -0.39 is 5.91 Å². The van der Waals surface area contributed by atoms with Crippen LogP contribution in [0.15, 0.2) is 47.6 Å². The first kappa shape index (κ1) is 18.5. The average molecular weight is 360 g/mol. The number of para-hydroxylation sites is 1. The molecule has 0 saturated carbocycles. The molecule has 0 atom stereocenters. The molecule has 0 aromatic heterocycles. The SMILES string of the molecule is C/C(CC(=O)Nc1ccc(Cl)cc1)=N\NC(=O)c1cccc(C)c1O. The van der Waals surface area contributed by atoms with Crippen LogP contribution in [0.4, 0.5) is 5.69 Å². The largest absolute Gasteiger partial charge is 0.507 e. The Morgan fingerprint density at radius 1 is 1.16 bits per heavy atom. The van der Waals surface area contributed by atoms with Gasteiger partial charge in [0.2, 0.25) is 5.91 Å². The van der Waals surface area contributed by atoms with Gasteiger partial charge in [0.1, 0.15) is 5.75 Å². The summed E-state index contributed by atoms with van der Waals surface area (Å²) in [6, 6.07) is 11.6. The Labute approximate surface area is 150 Å². The number of carbonyl (C=O) groups is 2. The fourth-order valence-corrected chi connectivity index (χ4v) is 2.18. The van der Waals surface area contributed by atoms with Gasteiger partial charge in [0.05, 0.1) is 12.0 Å². The summed E-state index contributed by atoms with van der Waals surface area (Å²) in [5.41, 5.74) is 4.10. The molecule has 7 heteroatoms. The van der Waals surface area contributed by atoms with Gasteiger partial charge < -0.3 is 10.4 Å². The van der Waals surface area contributed by atoms with Crippen LogP contribution in [0.1, 0.15) is 29.3 Å². The number of benzene rings is 2. The molecule has 0 heterocycles. The zero-order valence-corrected chi connectivity index (χ0v) is 14.6. The Morgan fingerprint density at radius 3 is 2.52 bits per heavy atom. The van der Waals surface area contributed by atoms with Crippen LogP contribution >= 0.6 is 11.6 Å². The molecular weight excluding hydrogens is 342 g/mol. The van der Waals surface area contributed by atoms with Gasteiger partial charge in [-0.15, -0.1) is 0 Å². The normalized spacial score (nSPS) is 11.1. The molecule has 6 nitrogen and oxygen atoms in total. The van der Waals surface area contributed by atoms with Gasteiger partial charge in [-0.25, -0.2) is 5.43 Å². The lowest BCUT2D eigenvalue weighted by molar-refractivity contribution is -0.115. The van der Waals surface area contributed by atoms with Crippen molar-refractivity contribution in [1.82, 2.24) is 5.43 Å². The molecule has 130 valence electrons. The van der Waals surface area contributed by atoms with E-state index in [-0.39, 0.29) is 23.6 Å². The van der Waals surface area contributed by atoms with Gasteiger partial charge in [0, 0.05) is 16.4 Å². The highest BCUT2D eigenvalue weighted by atomic mass is 35.5. The summed E-state index contributed by atoms with van der Waals surface area (Å²) in [6.07, 6.45) is 0.0166. The van der Waals surface area contributed by atoms with Crippen LogP contribution in [0.3, 0.4) is 0 Å². The number of amides is 2. The van der Waals surface area contributed by atoms with Crippen LogP contribution < -0.4 is 10.7 Å². The molecule has 0 unspecified atom stereocenters. The second-order valence-corrected chi connectivity index (χ2v) is 5.93. The number of phenols is 1. The quantitative estimate of drug-likeness (QED) is 0.563. The van der Waals surface area contributed by atoms with Crippen molar-refractivity contribution in [2.75, 3.05) is 5.32 Å². The number of hydrogen-bond acceptors (Lipinski definition) is 4. The van der Waals surface area contributed by atoms with Crippen molar-refractivity contribution in [2.45, 2.75) is 20.3 Å². The predicted octanol–water partition coefficient (Wildman–Crippen LogP) is 3.49. The Kier molecular flexibility index (Phi) is 6.14. The van der Waals surface area contributed by atoms with Crippen LogP contribution in [0.25, 0.3) is 0 Å². The molecule has 0 spiro atoms. The molecule has 2 rings (SSSR count). The van der Waals surface area contributed by atoms with E-state index in [2.05, 4.69) is 15.8 Å². The van der Waals surface area contributed by atoms with E-state index in [9.17, 15) is 14.7 Å². The molecular formula is C18H18ClN3O3. The van der Waals surface area contributed by atoms with Crippen molar-refractivity contribution >= 4 is 34.8 Å². The van der Waals surface area contributed by atoms with Crippen molar-refractivity contribution in [1.29, 1.82) is 0 Å². The fraction of sp³-hybridized carbons (Fsp3) is 0.167. The minimum atomic E-state index is -0.543. The number of carbonyl (C=O) groups excluding carboxylic acids is 2. The molecule has 25 heavy (non-hydrogen) atoms. The number of anilines is 1. The monoisotopic (exact) mass is 359 g/mol. The third-order valence-electron chi connectivity index (χ3n) is 3.38.